The quantitative estimate of drug-likeness (QED) is 0.743. The number of ether oxygens (including phenoxy) is 1. The molecule has 1 amide bonds. The van der Waals surface area contributed by atoms with Gasteiger partial charge in [0.2, 0.25) is 0 Å². The Kier molecular flexibility index (Phi) is 4.80. The van der Waals surface area contributed by atoms with Crippen LogP contribution in [0.3, 0.4) is 0 Å². The molecule has 4 heteroatoms. The minimum Gasteiger partial charge on any atom is -0.444 e. The van der Waals surface area contributed by atoms with E-state index in [1.807, 2.05) is 20.8 Å². The van der Waals surface area contributed by atoms with Crippen LogP contribution in [0.4, 0.5) is 4.79 Å². The molecule has 0 bridgehead atoms. The maximum Gasteiger partial charge on any atom is 0.407 e. The van der Waals surface area contributed by atoms with Gasteiger partial charge in [0.15, 0.2) is 0 Å². The van der Waals surface area contributed by atoms with Gasteiger partial charge in [-0.2, -0.15) is 0 Å². The number of carbonyl (C=O) groups excluding carboxylic acids is 1. The van der Waals surface area contributed by atoms with Crippen molar-refractivity contribution in [3.63, 3.8) is 0 Å². The average molecular weight is 242 g/mol. The van der Waals surface area contributed by atoms with E-state index in [4.69, 9.17) is 4.74 Å². The molecule has 0 radical (unpaired) electrons. The third kappa shape index (κ3) is 4.94. The predicted octanol–water partition coefficient (Wildman–Crippen LogP) is 2.15. The monoisotopic (exact) mass is 242 g/mol. The highest BCUT2D eigenvalue weighted by Crippen LogP contribution is 2.33. The SMILES string of the molecule is CC1CC(NCCNC(=O)OC(C)(C)C)C1C. The van der Waals surface area contributed by atoms with E-state index >= 15 is 0 Å². The lowest BCUT2D eigenvalue weighted by atomic mass is 9.71. The maximum atomic E-state index is 11.3. The molecule has 2 N–H and O–H groups in total. The lowest BCUT2D eigenvalue weighted by Gasteiger charge is -2.41. The van der Waals surface area contributed by atoms with Crippen LogP contribution in [0.2, 0.25) is 0 Å². The van der Waals surface area contributed by atoms with Crippen LogP contribution in [-0.4, -0.2) is 30.8 Å². The first kappa shape index (κ1) is 14.3. The highest BCUT2D eigenvalue weighted by Gasteiger charge is 2.33. The molecule has 3 atom stereocenters. The van der Waals surface area contributed by atoms with Crippen LogP contribution in [0.1, 0.15) is 41.0 Å². The summed E-state index contributed by atoms with van der Waals surface area (Å²) in [5.74, 6) is 1.57. The van der Waals surface area contributed by atoms with Gasteiger partial charge in [0.25, 0.3) is 0 Å². The Balaban J connectivity index is 2.03. The van der Waals surface area contributed by atoms with Crippen LogP contribution in [-0.2, 0) is 4.74 Å². The lowest BCUT2D eigenvalue weighted by Crippen LogP contribution is -2.50. The summed E-state index contributed by atoms with van der Waals surface area (Å²) < 4.78 is 5.15. The molecule has 1 saturated carbocycles. The van der Waals surface area contributed by atoms with E-state index in [2.05, 4.69) is 24.5 Å². The van der Waals surface area contributed by atoms with Crippen LogP contribution in [0, 0.1) is 11.8 Å². The standard InChI is InChI=1S/C13H26N2O2/c1-9-8-11(10(9)2)14-6-7-15-12(16)17-13(3,4)5/h9-11,14H,6-8H2,1-5H3,(H,15,16). The first-order valence-electron chi connectivity index (χ1n) is 6.50. The third-order valence-electron chi connectivity index (χ3n) is 3.36. The zero-order valence-electron chi connectivity index (χ0n) is 11.7. The van der Waals surface area contributed by atoms with E-state index in [9.17, 15) is 4.79 Å². The first-order valence-corrected chi connectivity index (χ1v) is 6.50. The molecule has 1 aliphatic carbocycles. The second-order valence-corrected chi connectivity index (χ2v) is 6.06. The fraction of sp³-hybridized carbons (Fsp3) is 0.923. The molecule has 0 spiro atoms. The van der Waals surface area contributed by atoms with Gasteiger partial charge in [-0.15, -0.1) is 0 Å². The second kappa shape index (κ2) is 5.71. The van der Waals surface area contributed by atoms with Crippen molar-refractivity contribution < 1.29 is 9.53 Å². The molecule has 0 aromatic rings. The van der Waals surface area contributed by atoms with Crippen LogP contribution in [0.25, 0.3) is 0 Å². The van der Waals surface area contributed by atoms with Gasteiger partial charge in [-0.3, -0.25) is 0 Å². The molecule has 1 aliphatic rings. The van der Waals surface area contributed by atoms with Gasteiger partial charge in [-0.1, -0.05) is 13.8 Å². The zero-order valence-corrected chi connectivity index (χ0v) is 11.7. The summed E-state index contributed by atoms with van der Waals surface area (Å²) in [6.45, 7) is 11.6. The van der Waals surface area contributed by atoms with Crippen molar-refractivity contribution in [1.29, 1.82) is 0 Å². The fourth-order valence-electron chi connectivity index (χ4n) is 2.04. The smallest absolute Gasteiger partial charge is 0.407 e. The number of carbonyl (C=O) groups is 1. The minimum atomic E-state index is -0.421. The molecule has 0 aliphatic heterocycles. The Labute approximate surface area is 104 Å². The number of alkyl carbamates (subject to hydrolysis) is 1. The lowest BCUT2D eigenvalue weighted by molar-refractivity contribution is 0.0525. The summed E-state index contributed by atoms with van der Waals surface area (Å²) in [6.07, 6.45) is 0.905. The summed E-state index contributed by atoms with van der Waals surface area (Å²) in [7, 11) is 0. The van der Waals surface area contributed by atoms with E-state index in [1.165, 1.54) is 6.42 Å². The highest BCUT2D eigenvalue weighted by molar-refractivity contribution is 5.67. The van der Waals surface area contributed by atoms with Crippen molar-refractivity contribution in [2.45, 2.75) is 52.7 Å². The van der Waals surface area contributed by atoms with Crippen molar-refractivity contribution in [1.82, 2.24) is 10.6 Å². The van der Waals surface area contributed by atoms with Gasteiger partial charge < -0.3 is 15.4 Å². The van der Waals surface area contributed by atoms with Gasteiger partial charge >= 0.3 is 6.09 Å². The molecule has 0 saturated heterocycles. The van der Waals surface area contributed by atoms with E-state index in [0.29, 0.717) is 12.6 Å². The van der Waals surface area contributed by atoms with E-state index in [1.54, 1.807) is 0 Å². The van der Waals surface area contributed by atoms with Crippen LogP contribution >= 0.6 is 0 Å². The van der Waals surface area contributed by atoms with Crippen LogP contribution < -0.4 is 10.6 Å². The Morgan fingerprint density at radius 3 is 2.41 bits per heavy atom. The molecule has 0 aromatic carbocycles. The Morgan fingerprint density at radius 2 is 1.94 bits per heavy atom. The molecule has 3 unspecified atom stereocenters. The van der Waals surface area contributed by atoms with Gasteiger partial charge in [0.05, 0.1) is 0 Å². The molecule has 0 aromatic heterocycles. The topological polar surface area (TPSA) is 50.4 Å². The molecule has 0 heterocycles. The average Bonchev–Trinajstić information content (AvgIpc) is 2.19. The molecular formula is C13H26N2O2. The van der Waals surface area contributed by atoms with E-state index < -0.39 is 5.60 Å². The van der Waals surface area contributed by atoms with Crippen molar-refractivity contribution in [3.8, 4) is 0 Å². The normalized spacial score (nSPS) is 28.4. The number of hydrogen-bond donors (Lipinski definition) is 2. The summed E-state index contributed by atoms with van der Waals surface area (Å²) in [5.41, 5.74) is -0.421. The van der Waals surface area contributed by atoms with Crippen molar-refractivity contribution in [3.05, 3.63) is 0 Å². The zero-order chi connectivity index (χ0) is 13.1. The number of nitrogens with one attached hydrogen (secondary N) is 2. The van der Waals surface area contributed by atoms with E-state index in [0.717, 1.165) is 18.4 Å². The molecule has 4 nitrogen and oxygen atoms in total. The molecule has 100 valence electrons. The van der Waals surface area contributed by atoms with Gasteiger partial charge in [0.1, 0.15) is 5.60 Å². The first-order chi connectivity index (χ1) is 7.79. The summed E-state index contributed by atoms with van der Waals surface area (Å²) in [6, 6.07) is 0.616. The van der Waals surface area contributed by atoms with Gasteiger partial charge in [-0.05, 0) is 39.0 Å². The summed E-state index contributed by atoms with van der Waals surface area (Å²) in [5, 5.41) is 6.19. The largest absolute Gasteiger partial charge is 0.444 e. The highest BCUT2D eigenvalue weighted by atomic mass is 16.6. The van der Waals surface area contributed by atoms with Crippen LogP contribution in [0.5, 0.6) is 0 Å². The Hall–Kier alpha value is -0.770. The van der Waals surface area contributed by atoms with E-state index in [-0.39, 0.29) is 6.09 Å². The predicted molar refractivity (Wildman–Crippen MR) is 69.0 cm³/mol. The molecule has 1 fully saturated rings. The molecule has 17 heavy (non-hydrogen) atoms. The summed E-state index contributed by atoms with van der Waals surface area (Å²) >= 11 is 0. The van der Waals surface area contributed by atoms with Crippen LogP contribution in [0.15, 0.2) is 0 Å². The maximum absolute atomic E-state index is 11.3. The Bertz CT molecular complexity index is 261. The minimum absolute atomic E-state index is 0.339. The van der Waals surface area contributed by atoms with Crippen molar-refractivity contribution in [2.75, 3.05) is 13.1 Å². The summed E-state index contributed by atoms with van der Waals surface area (Å²) in [4.78, 5) is 11.3. The molecular weight excluding hydrogens is 216 g/mol. The number of amides is 1. The van der Waals surface area contributed by atoms with Crippen molar-refractivity contribution in [2.24, 2.45) is 11.8 Å². The number of hydrogen-bond acceptors (Lipinski definition) is 3. The number of rotatable bonds is 4. The third-order valence-corrected chi connectivity index (χ3v) is 3.36. The Morgan fingerprint density at radius 1 is 1.29 bits per heavy atom. The fourth-order valence-corrected chi connectivity index (χ4v) is 2.04. The molecule has 1 rings (SSSR count). The van der Waals surface area contributed by atoms with Gasteiger partial charge in [-0.25, -0.2) is 4.79 Å². The van der Waals surface area contributed by atoms with Crippen molar-refractivity contribution >= 4 is 6.09 Å². The van der Waals surface area contributed by atoms with Gasteiger partial charge in [0, 0.05) is 19.1 Å². The second-order valence-electron chi connectivity index (χ2n) is 6.06.